The van der Waals surface area contributed by atoms with Crippen LogP contribution in [-0.4, -0.2) is 28.0 Å². The molecule has 1 aromatic heterocycles. The molecule has 0 aliphatic carbocycles. The SMILES string of the molecule is OC(c1ccccc1)c1nc(CC2CCCCO2)no1. The Labute approximate surface area is 117 Å². The molecule has 0 amide bonds. The van der Waals surface area contributed by atoms with E-state index in [4.69, 9.17) is 9.26 Å². The molecule has 1 aliphatic heterocycles. The van der Waals surface area contributed by atoms with E-state index in [0.717, 1.165) is 25.0 Å². The summed E-state index contributed by atoms with van der Waals surface area (Å²) in [5.74, 6) is 0.837. The number of ether oxygens (including phenoxy) is 1. The minimum absolute atomic E-state index is 0.170. The van der Waals surface area contributed by atoms with Crippen LogP contribution in [0.4, 0.5) is 0 Å². The molecule has 3 rings (SSSR count). The summed E-state index contributed by atoms with van der Waals surface area (Å²) in [5.41, 5.74) is 0.747. The largest absolute Gasteiger partial charge is 0.378 e. The third-order valence-corrected chi connectivity index (χ3v) is 3.52. The van der Waals surface area contributed by atoms with Gasteiger partial charge in [0, 0.05) is 13.0 Å². The van der Waals surface area contributed by atoms with Crippen LogP contribution in [-0.2, 0) is 11.2 Å². The highest BCUT2D eigenvalue weighted by atomic mass is 16.5. The van der Waals surface area contributed by atoms with Gasteiger partial charge in [-0.15, -0.1) is 0 Å². The van der Waals surface area contributed by atoms with Gasteiger partial charge in [0.15, 0.2) is 11.9 Å². The third kappa shape index (κ3) is 3.05. The maximum atomic E-state index is 10.2. The molecule has 2 aromatic rings. The van der Waals surface area contributed by atoms with E-state index in [9.17, 15) is 5.11 Å². The summed E-state index contributed by atoms with van der Waals surface area (Å²) in [5, 5.41) is 14.1. The molecule has 1 fully saturated rings. The van der Waals surface area contributed by atoms with Crippen LogP contribution >= 0.6 is 0 Å². The Morgan fingerprint density at radius 1 is 1.25 bits per heavy atom. The summed E-state index contributed by atoms with van der Waals surface area (Å²) >= 11 is 0. The van der Waals surface area contributed by atoms with Gasteiger partial charge in [-0.25, -0.2) is 0 Å². The number of aliphatic hydroxyl groups excluding tert-OH is 1. The zero-order chi connectivity index (χ0) is 13.8. The van der Waals surface area contributed by atoms with Crippen LogP contribution < -0.4 is 0 Å². The Hall–Kier alpha value is -1.72. The molecule has 0 bridgehead atoms. The molecule has 20 heavy (non-hydrogen) atoms. The van der Waals surface area contributed by atoms with Crippen molar-refractivity contribution in [3.8, 4) is 0 Å². The molecule has 106 valence electrons. The summed E-state index contributed by atoms with van der Waals surface area (Å²) in [6.07, 6.45) is 3.28. The van der Waals surface area contributed by atoms with Crippen LogP contribution in [0.25, 0.3) is 0 Å². The van der Waals surface area contributed by atoms with Crippen LogP contribution in [0, 0.1) is 0 Å². The minimum atomic E-state index is -0.871. The molecule has 1 aliphatic rings. The molecule has 0 radical (unpaired) electrons. The van der Waals surface area contributed by atoms with Gasteiger partial charge >= 0.3 is 0 Å². The number of hydrogen-bond acceptors (Lipinski definition) is 5. The van der Waals surface area contributed by atoms with E-state index < -0.39 is 6.10 Å². The fourth-order valence-electron chi connectivity index (χ4n) is 2.41. The Bertz CT molecular complexity index is 535. The Morgan fingerprint density at radius 3 is 2.85 bits per heavy atom. The molecular formula is C15H18N2O3. The first-order valence-corrected chi connectivity index (χ1v) is 7.00. The number of hydrogen-bond donors (Lipinski definition) is 1. The summed E-state index contributed by atoms with van der Waals surface area (Å²) in [7, 11) is 0. The molecule has 2 unspecified atom stereocenters. The number of rotatable bonds is 4. The second-order valence-electron chi connectivity index (χ2n) is 5.05. The predicted octanol–water partition coefficient (Wildman–Crippen LogP) is 2.26. The van der Waals surface area contributed by atoms with Crippen LogP contribution in [0.15, 0.2) is 34.9 Å². The molecular weight excluding hydrogens is 256 g/mol. The lowest BCUT2D eigenvalue weighted by Crippen LogP contribution is -2.21. The smallest absolute Gasteiger partial charge is 0.260 e. The van der Waals surface area contributed by atoms with Crippen molar-refractivity contribution in [1.82, 2.24) is 10.1 Å². The lowest BCUT2D eigenvalue weighted by Gasteiger charge is -2.20. The monoisotopic (exact) mass is 274 g/mol. The van der Waals surface area contributed by atoms with Gasteiger partial charge in [-0.1, -0.05) is 35.5 Å². The maximum Gasteiger partial charge on any atom is 0.260 e. The van der Waals surface area contributed by atoms with E-state index in [1.807, 2.05) is 30.3 Å². The highest BCUT2D eigenvalue weighted by molar-refractivity contribution is 5.21. The topological polar surface area (TPSA) is 68.4 Å². The van der Waals surface area contributed by atoms with Gasteiger partial charge in [0.05, 0.1) is 6.10 Å². The number of nitrogens with zero attached hydrogens (tertiary/aromatic N) is 2. The van der Waals surface area contributed by atoms with Crippen molar-refractivity contribution in [1.29, 1.82) is 0 Å². The van der Waals surface area contributed by atoms with Crippen molar-refractivity contribution in [3.63, 3.8) is 0 Å². The van der Waals surface area contributed by atoms with Crippen molar-refractivity contribution < 1.29 is 14.4 Å². The average Bonchev–Trinajstić information content (AvgIpc) is 2.97. The maximum absolute atomic E-state index is 10.2. The zero-order valence-corrected chi connectivity index (χ0v) is 11.2. The highest BCUT2D eigenvalue weighted by Gasteiger charge is 2.21. The normalized spacial score (nSPS) is 20.8. The van der Waals surface area contributed by atoms with E-state index in [1.165, 1.54) is 6.42 Å². The van der Waals surface area contributed by atoms with Gasteiger partial charge in [-0.05, 0) is 24.8 Å². The standard InChI is InChI=1S/C15H18N2O3/c18-14(11-6-2-1-3-7-11)15-16-13(17-20-15)10-12-8-4-5-9-19-12/h1-3,6-7,12,14,18H,4-5,8-10H2. The molecule has 5 heteroatoms. The van der Waals surface area contributed by atoms with Gasteiger partial charge in [-0.2, -0.15) is 4.98 Å². The van der Waals surface area contributed by atoms with Crippen molar-refractivity contribution in [2.24, 2.45) is 0 Å². The van der Waals surface area contributed by atoms with Crippen molar-refractivity contribution >= 4 is 0 Å². The predicted molar refractivity (Wildman–Crippen MR) is 72.1 cm³/mol. The van der Waals surface area contributed by atoms with Gasteiger partial charge in [0.25, 0.3) is 5.89 Å². The van der Waals surface area contributed by atoms with Gasteiger partial charge in [-0.3, -0.25) is 0 Å². The van der Waals surface area contributed by atoms with E-state index in [2.05, 4.69) is 10.1 Å². The van der Waals surface area contributed by atoms with Crippen molar-refractivity contribution in [3.05, 3.63) is 47.6 Å². The van der Waals surface area contributed by atoms with E-state index in [-0.39, 0.29) is 12.0 Å². The average molecular weight is 274 g/mol. The first-order chi connectivity index (χ1) is 9.83. The molecule has 1 saturated heterocycles. The lowest BCUT2D eigenvalue weighted by molar-refractivity contribution is 0.0153. The van der Waals surface area contributed by atoms with Crippen molar-refractivity contribution in [2.75, 3.05) is 6.61 Å². The van der Waals surface area contributed by atoms with Crippen LogP contribution in [0.2, 0.25) is 0 Å². The molecule has 2 heterocycles. The number of benzene rings is 1. The summed E-state index contributed by atoms with van der Waals surface area (Å²) < 4.78 is 10.8. The van der Waals surface area contributed by atoms with Crippen LogP contribution in [0.5, 0.6) is 0 Å². The lowest BCUT2D eigenvalue weighted by atomic mass is 10.1. The second kappa shape index (κ2) is 6.15. The summed E-state index contributed by atoms with van der Waals surface area (Å²) in [4.78, 5) is 4.27. The highest BCUT2D eigenvalue weighted by Crippen LogP contribution is 2.21. The molecule has 0 spiro atoms. The van der Waals surface area contributed by atoms with Gasteiger partial charge in [0.2, 0.25) is 0 Å². The van der Waals surface area contributed by atoms with Crippen molar-refractivity contribution in [2.45, 2.75) is 37.9 Å². The minimum Gasteiger partial charge on any atom is -0.378 e. The van der Waals surface area contributed by atoms with E-state index in [1.54, 1.807) is 0 Å². The van der Waals surface area contributed by atoms with E-state index >= 15 is 0 Å². The van der Waals surface area contributed by atoms with Gasteiger partial charge in [0.1, 0.15) is 0 Å². The molecule has 5 nitrogen and oxygen atoms in total. The Balaban J connectivity index is 1.67. The number of aromatic nitrogens is 2. The van der Waals surface area contributed by atoms with E-state index in [0.29, 0.717) is 12.2 Å². The molecule has 2 atom stereocenters. The molecule has 0 saturated carbocycles. The summed E-state index contributed by atoms with van der Waals surface area (Å²) in [6, 6.07) is 9.30. The van der Waals surface area contributed by atoms with Crippen LogP contribution in [0.1, 0.15) is 42.6 Å². The first kappa shape index (κ1) is 13.3. The summed E-state index contributed by atoms with van der Waals surface area (Å²) in [6.45, 7) is 0.808. The molecule has 1 N–H and O–H groups in total. The second-order valence-corrected chi connectivity index (χ2v) is 5.05. The fraction of sp³-hybridized carbons (Fsp3) is 0.467. The fourth-order valence-corrected chi connectivity index (χ4v) is 2.41. The zero-order valence-electron chi connectivity index (χ0n) is 11.2. The van der Waals surface area contributed by atoms with Gasteiger partial charge < -0.3 is 14.4 Å². The third-order valence-electron chi connectivity index (χ3n) is 3.52. The first-order valence-electron chi connectivity index (χ1n) is 7.00. The Kier molecular flexibility index (Phi) is 4.08. The number of aliphatic hydroxyl groups is 1. The quantitative estimate of drug-likeness (QED) is 0.926. The molecule has 1 aromatic carbocycles. The Morgan fingerprint density at radius 2 is 2.10 bits per heavy atom. The van der Waals surface area contributed by atoms with Crippen LogP contribution in [0.3, 0.4) is 0 Å².